The number of hydrogen-bond donors (Lipinski definition) is 1. The highest BCUT2D eigenvalue weighted by Crippen LogP contribution is 2.24. The summed E-state index contributed by atoms with van der Waals surface area (Å²) in [5, 5.41) is 3.88. The van der Waals surface area contributed by atoms with Gasteiger partial charge in [0.05, 0.1) is 0 Å². The maximum Gasteiger partial charge on any atom is 0.328 e. The van der Waals surface area contributed by atoms with Gasteiger partial charge >= 0.3 is 6.01 Å². The Bertz CT molecular complexity index is 760. The van der Waals surface area contributed by atoms with E-state index in [1.54, 1.807) is 6.07 Å². The average Bonchev–Trinajstić information content (AvgIpc) is 2.90. The van der Waals surface area contributed by atoms with Gasteiger partial charge in [0.25, 0.3) is 5.95 Å². The van der Waals surface area contributed by atoms with E-state index < -0.39 is 5.82 Å². The molecule has 0 saturated heterocycles. The molecule has 10 heteroatoms. The first-order chi connectivity index (χ1) is 10.1. The van der Waals surface area contributed by atoms with Crippen LogP contribution in [0.5, 0.6) is 11.8 Å². The number of hydrogen-bond acceptors (Lipinski definition) is 7. The van der Waals surface area contributed by atoms with Crippen molar-refractivity contribution in [2.24, 2.45) is 0 Å². The maximum atomic E-state index is 13.3. The molecule has 0 fully saturated rings. The molecule has 21 heavy (non-hydrogen) atoms. The zero-order chi connectivity index (χ0) is 14.8. The lowest BCUT2D eigenvalue weighted by atomic mass is 10.3. The highest BCUT2D eigenvalue weighted by atomic mass is 79.9. The van der Waals surface area contributed by atoms with E-state index in [2.05, 4.69) is 41.0 Å². The molecule has 0 amide bonds. The molecule has 0 aliphatic rings. The van der Waals surface area contributed by atoms with Crippen molar-refractivity contribution in [3.8, 4) is 17.7 Å². The molecule has 0 aliphatic carbocycles. The lowest BCUT2D eigenvalue weighted by molar-refractivity contribution is 0.434. The van der Waals surface area contributed by atoms with Gasteiger partial charge in [0.15, 0.2) is 0 Å². The lowest BCUT2D eigenvalue weighted by Crippen LogP contribution is -2.08. The third kappa shape index (κ3) is 3.11. The van der Waals surface area contributed by atoms with E-state index in [1.807, 2.05) is 0 Å². The van der Waals surface area contributed by atoms with Crippen LogP contribution in [0.2, 0.25) is 0 Å². The Kier molecular flexibility index (Phi) is 3.44. The van der Waals surface area contributed by atoms with Crippen LogP contribution in [0.1, 0.15) is 0 Å². The second-order valence-electron chi connectivity index (χ2n) is 3.82. The van der Waals surface area contributed by atoms with Crippen molar-refractivity contribution in [3.63, 3.8) is 0 Å². The van der Waals surface area contributed by atoms with Crippen molar-refractivity contribution < 1.29 is 9.13 Å². The highest BCUT2D eigenvalue weighted by Gasteiger charge is 2.10. The number of nitrogens with zero attached hydrogens (tertiary/aromatic N) is 6. The molecule has 3 rings (SSSR count). The largest absolute Gasteiger partial charge is 0.424 e. The van der Waals surface area contributed by atoms with E-state index in [4.69, 9.17) is 10.5 Å². The number of nitrogens with two attached hydrogens (primary N) is 1. The molecular formula is C11H7BrFN7O. The molecule has 0 aliphatic heterocycles. The minimum Gasteiger partial charge on any atom is -0.424 e. The van der Waals surface area contributed by atoms with E-state index >= 15 is 0 Å². The van der Waals surface area contributed by atoms with Gasteiger partial charge in [-0.15, -0.1) is 0 Å². The summed E-state index contributed by atoms with van der Waals surface area (Å²) < 4.78 is 20.5. The smallest absolute Gasteiger partial charge is 0.328 e. The predicted molar refractivity (Wildman–Crippen MR) is 73.3 cm³/mol. The number of aromatic nitrogens is 6. The van der Waals surface area contributed by atoms with E-state index in [1.165, 1.54) is 29.5 Å². The van der Waals surface area contributed by atoms with Crippen molar-refractivity contribution in [1.82, 2.24) is 29.7 Å². The number of anilines is 1. The first-order valence-electron chi connectivity index (χ1n) is 5.60. The number of ether oxygens (including phenoxy) is 1. The van der Waals surface area contributed by atoms with Crippen LogP contribution in [-0.4, -0.2) is 29.7 Å². The second-order valence-corrected chi connectivity index (χ2v) is 4.74. The fourth-order valence-corrected chi connectivity index (χ4v) is 1.96. The fourth-order valence-electron chi connectivity index (χ4n) is 1.51. The molecule has 1 aromatic carbocycles. The van der Waals surface area contributed by atoms with Gasteiger partial charge in [-0.25, -0.2) is 9.37 Å². The van der Waals surface area contributed by atoms with Gasteiger partial charge in [-0.1, -0.05) is 15.9 Å². The molecule has 0 spiro atoms. The van der Waals surface area contributed by atoms with E-state index in [0.29, 0.717) is 4.47 Å². The summed E-state index contributed by atoms with van der Waals surface area (Å²) in [6.07, 6.45) is 2.72. The predicted octanol–water partition coefficient (Wildman–Crippen LogP) is 1.73. The quantitative estimate of drug-likeness (QED) is 0.765. The molecular weight excluding hydrogens is 345 g/mol. The van der Waals surface area contributed by atoms with Crippen molar-refractivity contribution in [2.45, 2.75) is 0 Å². The molecule has 2 N–H and O–H groups in total. The van der Waals surface area contributed by atoms with Gasteiger partial charge in [0.2, 0.25) is 5.95 Å². The third-order valence-electron chi connectivity index (χ3n) is 2.29. The van der Waals surface area contributed by atoms with Crippen LogP contribution >= 0.6 is 15.9 Å². The number of nitrogen functional groups attached to an aromatic ring is 1. The first kappa shape index (κ1) is 13.4. The number of halogens is 2. The Balaban J connectivity index is 1.95. The van der Waals surface area contributed by atoms with Gasteiger partial charge in [-0.3, -0.25) is 0 Å². The molecule has 0 radical (unpaired) electrons. The van der Waals surface area contributed by atoms with E-state index in [-0.39, 0.29) is 23.7 Å². The lowest BCUT2D eigenvalue weighted by Gasteiger charge is -2.06. The summed E-state index contributed by atoms with van der Waals surface area (Å²) in [6, 6.07) is 3.98. The Hall–Kier alpha value is -2.62. The minimum absolute atomic E-state index is 0.0547. The van der Waals surface area contributed by atoms with Crippen LogP contribution in [0.3, 0.4) is 0 Å². The van der Waals surface area contributed by atoms with Crippen LogP contribution in [-0.2, 0) is 0 Å². The monoisotopic (exact) mass is 351 g/mol. The molecule has 8 nitrogen and oxygen atoms in total. The molecule has 2 heterocycles. The number of rotatable bonds is 3. The molecule has 0 atom stereocenters. The second kappa shape index (κ2) is 5.40. The van der Waals surface area contributed by atoms with Gasteiger partial charge in [0.1, 0.15) is 24.2 Å². The minimum atomic E-state index is -0.460. The summed E-state index contributed by atoms with van der Waals surface area (Å²) in [5.74, 6) is -0.152. The van der Waals surface area contributed by atoms with Gasteiger partial charge < -0.3 is 10.5 Å². The van der Waals surface area contributed by atoms with Crippen LogP contribution in [0.4, 0.5) is 10.3 Å². The summed E-state index contributed by atoms with van der Waals surface area (Å²) in [5.41, 5.74) is 5.59. The van der Waals surface area contributed by atoms with Crippen molar-refractivity contribution >= 4 is 21.9 Å². The third-order valence-corrected chi connectivity index (χ3v) is 2.75. The Morgan fingerprint density at radius 3 is 2.76 bits per heavy atom. The van der Waals surface area contributed by atoms with Crippen LogP contribution in [0.15, 0.2) is 35.3 Å². The SMILES string of the molecule is Nc1nc(Oc2cc(F)cc(Br)c2)nc(-n2cncn2)n1. The van der Waals surface area contributed by atoms with Crippen molar-refractivity contribution in [3.05, 3.63) is 41.1 Å². The molecule has 106 valence electrons. The fraction of sp³-hybridized carbons (Fsp3) is 0. The number of benzene rings is 1. The molecule has 0 saturated carbocycles. The Morgan fingerprint density at radius 2 is 2.05 bits per heavy atom. The molecule has 2 aromatic heterocycles. The maximum absolute atomic E-state index is 13.3. The van der Waals surface area contributed by atoms with Gasteiger partial charge in [-0.05, 0) is 12.1 Å². The average molecular weight is 352 g/mol. The summed E-state index contributed by atoms with van der Waals surface area (Å²) in [7, 11) is 0. The van der Waals surface area contributed by atoms with Crippen LogP contribution in [0, 0.1) is 5.82 Å². The molecule has 0 bridgehead atoms. The summed E-state index contributed by atoms with van der Waals surface area (Å²) in [6.45, 7) is 0. The summed E-state index contributed by atoms with van der Waals surface area (Å²) >= 11 is 3.17. The zero-order valence-electron chi connectivity index (χ0n) is 10.3. The highest BCUT2D eigenvalue weighted by molar-refractivity contribution is 9.10. The van der Waals surface area contributed by atoms with Gasteiger partial charge in [-0.2, -0.15) is 24.7 Å². The van der Waals surface area contributed by atoms with Gasteiger partial charge in [0, 0.05) is 10.5 Å². The first-order valence-corrected chi connectivity index (χ1v) is 6.40. The molecule has 3 aromatic rings. The van der Waals surface area contributed by atoms with Crippen molar-refractivity contribution in [1.29, 1.82) is 0 Å². The van der Waals surface area contributed by atoms with Crippen LogP contribution in [0.25, 0.3) is 5.95 Å². The topological polar surface area (TPSA) is 105 Å². The Labute approximate surface area is 126 Å². The zero-order valence-corrected chi connectivity index (χ0v) is 11.9. The molecule has 0 unspecified atom stereocenters. The van der Waals surface area contributed by atoms with Crippen molar-refractivity contribution in [2.75, 3.05) is 5.73 Å². The summed E-state index contributed by atoms with van der Waals surface area (Å²) in [4.78, 5) is 15.5. The van der Waals surface area contributed by atoms with Crippen LogP contribution < -0.4 is 10.5 Å². The Morgan fingerprint density at radius 1 is 1.19 bits per heavy atom. The standard InChI is InChI=1S/C11H7BrFN7O/c12-6-1-7(13)3-8(2-6)21-11-18-9(14)17-10(19-11)20-5-15-4-16-20/h1-5H,(H2,14,17,18,19). The normalized spacial score (nSPS) is 10.6. The van der Waals surface area contributed by atoms with E-state index in [9.17, 15) is 4.39 Å². The van der Waals surface area contributed by atoms with E-state index in [0.717, 1.165) is 0 Å².